The van der Waals surface area contributed by atoms with E-state index in [-0.39, 0.29) is 5.91 Å². The molecule has 0 fully saturated rings. The second kappa shape index (κ2) is 4.55. The monoisotopic (exact) mass is 233 g/mol. The van der Waals surface area contributed by atoms with Crippen molar-refractivity contribution in [2.45, 2.75) is 13.3 Å². The molecule has 1 aromatic heterocycles. The Bertz CT molecular complexity index is 548. The van der Waals surface area contributed by atoms with E-state index in [1.165, 1.54) is 12.2 Å². The minimum Gasteiger partial charge on any atom is -0.278 e. The molecule has 5 heteroatoms. The van der Waals surface area contributed by atoms with Crippen LogP contribution in [0.25, 0.3) is 10.9 Å². The fourth-order valence-electron chi connectivity index (χ4n) is 1.74. The first-order valence-electron chi connectivity index (χ1n) is 5.46. The maximum absolute atomic E-state index is 11.9. The molecule has 1 heterocycles. The van der Waals surface area contributed by atoms with E-state index in [9.17, 15) is 4.79 Å². The molecule has 0 saturated carbocycles. The highest BCUT2D eigenvalue weighted by molar-refractivity contribution is 5.97. The van der Waals surface area contributed by atoms with Crippen molar-refractivity contribution in [3.05, 3.63) is 29.5 Å². The highest BCUT2D eigenvalue weighted by Gasteiger charge is 2.13. The van der Waals surface area contributed by atoms with Gasteiger partial charge in [0, 0.05) is 18.0 Å². The van der Waals surface area contributed by atoms with Crippen molar-refractivity contribution < 1.29 is 9.63 Å². The molecule has 0 radical (unpaired) electrons. The van der Waals surface area contributed by atoms with Crippen LogP contribution in [0.1, 0.15) is 23.0 Å². The number of H-pyrrole nitrogens is 1. The largest absolute Gasteiger partial charge is 0.278 e. The van der Waals surface area contributed by atoms with Crippen molar-refractivity contribution in [1.29, 1.82) is 0 Å². The van der Waals surface area contributed by atoms with Crippen molar-refractivity contribution in [3.63, 3.8) is 0 Å². The van der Waals surface area contributed by atoms with Gasteiger partial charge in [0.2, 0.25) is 0 Å². The van der Waals surface area contributed by atoms with Crippen molar-refractivity contribution in [3.8, 4) is 0 Å². The van der Waals surface area contributed by atoms with Crippen molar-refractivity contribution in [2.24, 2.45) is 0 Å². The number of carbonyl (C=O) groups excluding carboxylic acids is 1. The van der Waals surface area contributed by atoms with E-state index in [1.807, 2.05) is 13.0 Å². The predicted molar refractivity (Wildman–Crippen MR) is 64.6 cm³/mol. The number of benzene rings is 1. The average molecular weight is 233 g/mol. The lowest BCUT2D eigenvalue weighted by molar-refractivity contribution is -0.0756. The zero-order valence-electron chi connectivity index (χ0n) is 10.2. The maximum atomic E-state index is 11.9. The van der Waals surface area contributed by atoms with Crippen LogP contribution in [0.2, 0.25) is 0 Å². The van der Waals surface area contributed by atoms with Gasteiger partial charge in [-0.3, -0.25) is 14.7 Å². The predicted octanol–water partition coefficient (Wildman–Crippen LogP) is 1.76. The lowest BCUT2D eigenvalue weighted by Gasteiger charge is -2.13. The first-order chi connectivity index (χ1) is 8.17. The van der Waals surface area contributed by atoms with Crippen LogP contribution in [0.3, 0.4) is 0 Å². The van der Waals surface area contributed by atoms with Gasteiger partial charge in [-0.15, -0.1) is 0 Å². The van der Waals surface area contributed by atoms with E-state index >= 15 is 0 Å². The minimum atomic E-state index is -0.179. The number of rotatable bonds is 3. The van der Waals surface area contributed by atoms with Crippen LogP contribution in [-0.4, -0.2) is 35.3 Å². The number of aromatic amines is 1. The average Bonchev–Trinajstić information content (AvgIpc) is 2.78. The van der Waals surface area contributed by atoms with Gasteiger partial charge in [-0.25, -0.2) is 5.06 Å². The molecule has 0 aliphatic carbocycles. The second-order valence-electron chi connectivity index (χ2n) is 3.77. The lowest BCUT2D eigenvalue weighted by Crippen LogP contribution is -2.25. The Balaban J connectivity index is 2.42. The van der Waals surface area contributed by atoms with Gasteiger partial charge in [-0.1, -0.05) is 13.0 Å². The molecule has 90 valence electrons. The summed E-state index contributed by atoms with van der Waals surface area (Å²) in [5.41, 5.74) is 2.46. The normalized spacial score (nSPS) is 10.8. The summed E-state index contributed by atoms with van der Waals surface area (Å²) in [6, 6.07) is 5.49. The van der Waals surface area contributed by atoms with Gasteiger partial charge in [0.15, 0.2) is 0 Å². The molecule has 0 unspecified atom stereocenters. The Labute approximate surface area is 99.3 Å². The molecule has 1 amide bonds. The highest BCUT2D eigenvalue weighted by Crippen LogP contribution is 2.18. The van der Waals surface area contributed by atoms with E-state index in [4.69, 9.17) is 4.84 Å². The first kappa shape index (κ1) is 11.6. The van der Waals surface area contributed by atoms with E-state index in [1.54, 1.807) is 19.2 Å². The Morgan fingerprint density at radius 2 is 2.29 bits per heavy atom. The molecule has 0 bridgehead atoms. The van der Waals surface area contributed by atoms with Gasteiger partial charge in [-0.05, 0) is 18.6 Å². The second-order valence-corrected chi connectivity index (χ2v) is 3.77. The van der Waals surface area contributed by atoms with Crippen LogP contribution < -0.4 is 0 Å². The molecule has 2 aromatic rings. The fourth-order valence-corrected chi connectivity index (χ4v) is 1.74. The number of nitrogens with zero attached hydrogens (tertiary/aromatic N) is 2. The van der Waals surface area contributed by atoms with Crippen LogP contribution in [-0.2, 0) is 11.3 Å². The molecule has 5 nitrogen and oxygen atoms in total. The van der Waals surface area contributed by atoms with Gasteiger partial charge in [0.25, 0.3) is 5.91 Å². The number of fused-ring (bicyclic) bond motifs is 1. The number of aryl methyl sites for hydroxylation is 1. The summed E-state index contributed by atoms with van der Waals surface area (Å²) in [6.45, 7) is 2.05. The Hall–Kier alpha value is -1.88. The van der Waals surface area contributed by atoms with Crippen LogP contribution in [0.5, 0.6) is 0 Å². The maximum Gasteiger partial charge on any atom is 0.277 e. The third-order valence-corrected chi connectivity index (χ3v) is 2.78. The summed E-state index contributed by atoms with van der Waals surface area (Å²) in [5, 5.41) is 9.38. The van der Waals surface area contributed by atoms with E-state index < -0.39 is 0 Å². The zero-order chi connectivity index (χ0) is 12.4. The molecule has 17 heavy (non-hydrogen) atoms. The number of carbonyl (C=O) groups is 1. The van der Waals surface area contributed by atoms with Gasteiger partial charge in [0.1, 0.15) is 0 Å². The zero-order valence-corrected chi connectivity index (χ0v) is 10.2. The standard InChI is InChI=1S/C12H15N3O2/c1-4-10-9-6-5-8(7-11(9)14-13-10)12(16)15(2)17-3/h5-7H,4H2,1-3H3,(H,13,14). The molecule has 0 saturated heterocycles. The number of amides is 1. The van der Waals surface area contributed by atoms with Gasteiger partial charge < -0.3 is 0 Å². The van der Waals surface area contributed by atoms with Crippen LogP contribution >= 0.6 is 0 Å². The summed E-state index contributed by atoms with van der Waals surface area (Å²) in [7, 11) is 3.04. The summed E-state index contributed by atoms with van der Waals surface area (Å²) < 4.78 is 0. The van der Waals surface area contributed by atoms with Crippen molar-refractivity contribution in [2.75, 3.05) is 14.2 Å². The van der Waals surface area contributed by atoms with Crippen LogP contribution in [0.15, 0.2) is 18.2 Å². The van der Waals surface area contributed by atoms with Gasteiger partial charge >= 0.3 is 0 Å². The molecular weight excluding hydrogens is 218 g/mol. The van der Waals surface area contributed by atoms with E-state index in [2.05, 4.69) is 10.2 Å². The van der Waals surface area contributed by atoms with Gasteiger partial charge in [-0.2, -0.15) is 5.10 Å². The molecular formula is C12H15N3O2. The van der Waals surface area contributed by atoms with E-state index in [0.29, 0.717) is 5.56 Å². The van der Waals surface area contributed by atoms with Crippen LogP contribution in [0.4, 0.5) is 0 Å². The molecule has 1 aromatic carbocycles. The number of aromatic nitrogens is 2. The SMILES string of the molecule is CCc1n[nH]c2cc(C(=O)N(C)OC)ccc12. The highest BCUT2D eigenvalue weighted by atomic mass is 16.7. The summed E-state index contributed by atoms with van der Waals surface area (Å²) in [4.78, 5) is 16.7. The first-order valence-corrected chi connectivity index (χ1v) is 5.46. The quantitative estimate of drug-likeness (QED) is 0.822. The summed E-state index contributed by atoms with van der Waals surface area (Å²) >= 11 is 0. The molecule has 1 N–H and O–H groups in total. The smallest absolute Gasteiger partial charge is 0.277 e. The molecule has 2 rings (SSSR count). The number of hydroxylamine groups is 2. The number of hydrogen-bond donors (Lipinski definition) is 1. The van der Waals surface area contributed by atoms with Crippen LogP contribution in [0, 0.1) is 0 Å². The topological polar surface area (TPSA) is 58.2 Å². The molecule has 0 aliphatic rings. The number of hydrogen-bond acceptors (Lipinski definition) is 3. The minimum absolute atomic E-state index is 0.179. The van der Waals surface area contributed by atoms with Crippen molar-refractivity contribution >= 4 is 16.8 Å². The summed E-state index contributed by atoms with van der Waals surface area (Å²) in [5.74, 6) is -0.179. The Kier molecular flexibility index (Phi) is 3.10. The third-order valence-electron chi connectivity index (χ3n) is 2.78. The summed E-state index contributed by atoms with van der Waals surface area (Å²) in [6.07, 6.45) is 0.866. The number of nitrogens with one attached hydrogen (secondary N) is 1. The van der Waals surface area contributed by atoms with Gasteiger partial charge in [0.05, 0.1) is 18.3 Å². The molecule has 0 atom stereocenters. The van der Waals surface area contributed by atoms with Crippen molar-refractivity contribution in [1.82, 2.24) is 15.3 Å². The fraction of sp³-hybridized carbons (Fsp3) is 0.333. The third kappa shape index (κ3) is 2.01. The lowest BCUT2D eigenvalue weighted by atomic mass is 10.1. The molecule has 0 aliphatic heterocycles. The Morgan fingerprint density at radius 3 is 2.94 bits per heavy atom. The van der Waals surface area contributed by atoms with E-state index in [0.717, 1.165) is 23.0 Å². The Morgan fingerprint density at radius 1 is 1.53 bits per heavy atom. The molecule has 0 spiro atoms.